The summed E-state index contributed by atoms with van der Waals surface area (Å²) < 4.78 is 0. The highest BCUT2D eigenvalue weighted by atomic mass is 15.1. The van der Waals surface area contributed by atoms with Gasteiger partial charge in [-0.15, -0.1) is 0 Å². The predicted octanol–water partition coefficient (Wildman–Crippen LogP) is 15.4. The minimum atomic E-state index is 0.942. The number of allylic oxidation sites excluding steroid dienone is 1. The van der Waals surface area contributed by atoms with Crippen molar-refractivity contribution in [3.8, 4) is 11.3 Å². The molecular weight excluding hydrogens is 701 g/mol. The zero-order valence-electron chi connectivity index (χ0n) is 34.6. The van der Waals surface area contributed by atoms with Crippen LogP contribution in [0.25, 0.3) is 45.3 Å². The Balaban J connectivity index is 1.35. The van der Waals surface area contributed by atoms with E-state index < -0.39 is 0 Å². The van der Waals surface area contributed by atoms with Gasteiger partial charge in [0.25, 0.3) is 0 Å². The maximum atomic E-state index is 5.12. The van der Waals surface area contributed by atoms with E-state index in [1.54, 1.807) is 0 Å². The van der Waals surface area contributed by atoms with E-state index in [2.05, 4.69) is 229 Å². The van der Waals surface area contributed by atoms with Crippen molar-refractivity contribution in [3.05, 3.63) is 225 Å². The van der Waals surface area contributed by atoms with Gasteiger partial charge in [-0.05, 0) is 141 Å². The van der Waals surface area contributed by atoms with Crippen molar-refractivity contribution in [1.82, 2.24) is 4.98 Å². The molecule has 0 aliphatic heterocycles. The number of anilines is 3. The lowest BCUT2D eigenvalue weighted by molar-refractivity contribution is 1.20. The third-order valence-corrected chi connectivity index (χ3v) is 11.1. The summed E-state index contributed by atoms with van der Waals surface area (Å²) in [5, 5.41) is 2.40. The summed E-state index contributed by atoms with van der Waals surface area (Å²) in [6, 6.07) is 59.8. The molecule has 8 rings (SSSR count). The van der Waals surface area contributed by atoms with Gasteiger partial charge in [-0.3, -0.25) is 4.98 Å². The van der Waals surface area contributed by atoms with Gasteiger partial charge in [0.2, 0.25) is 0 Å². The molecule has 0 saturated carbocycles. The van der Waals surface area contributed by atoms with Gasteiger partial charge < -0.3 is 4.90 Å². The lowest BCUT2D eigenvalue weighted by atomic mass is 9.92. The zero-order chi connectivity index (χ0) is 40.3. The largest absolute Gasteiger partial charge is 0.310 e. The Morgan fingerprint density at radius 1 is 0.466 bits per heavy atom. The number of hydrogen-bond acceptors (Lipinski definition) is 2. The van der Waals surface area contributed by atoms with Crippen LogP contribution in [-0.2, 0) is 0 Å². The Kier molecular flexibility index (Phi) is 10.8. The molecule has 0 bridgehead atoms. The SMILES string of the molecule is C/C(=C/c1ccc(N(c2ccc(C=C(c3ccc(C)cc3)c3ccc(C)cc3)c(-c3cccc(C)n3)c2)c2ccc(C)cc2C)c2ccccc12)c1ccc(C)cc1. The summed E-state index contributed by atoms with van der Waals surface area (Å²) in [5.74, 6) is 0. The van der Waals surface area contributed by atoms with E-state index in [0.29, 0.717) is 0 Å². The van der Waals surface area contributed by atoms with Gasteiger partial charge in [0.15, 0.2) is 0 Å². The van der Waals surface area contributed by atoms with Crippen molar-refractivity contribution in [3.63, 3.8) is 0 Å². The number of fused-ring (bicyclic) bond motifs is 1. The van der Waals surface area contributed by atoms with Crippen LogP contribution < -0.4 is 4.90 Å². The summed E-state index contributed by atoms with van der Waals surface area (Å²) in [6.07, 6.45) is 4.66. The Morgan fingerprint density at radius 2 is 1.03 bits per heavy atom. The number of pyridine rings is 1. The molecule has 0 fully saturated rings. The van der Waals surface area contributed by atoms with Gasteiger partial charge in [0, 0.05) is 28.0 Å². The average Bonchev–Trinajstić information content (AvgIpc) is 3.22. The van der Waals surface area contributed by atoms with Crippen LogP contribution >= 0.6 is 0 Å². The van der Waals surface area contributed by atoms with Gasteiger partial charge in [-0.2, -0.15) is 0 Å². The molecular formula is C56H50N2. The summed E-state index contributed by atoms with van der Waals surface area (Å²) in [4.78, 5) is 7.56. The first-order chi connectivity index (χ1) is 28.1. The number of benzene rings is 7. The molecule has 8 aromatic rings. The predicted molar refractivity (Wildman–Crippen MR) is 250 cm³/mol. The van der Waals surface area contributed by atoms with Crippen LogP contribution in [0.3, 0.4) is 0 Å². The fraction of sp³-hybridized carbons (Fsp3) is 0.125. The molecule has 7 aromatic carbocycles. The smallest absolute Gasteiger partial charge is 0.0711 e. The first kappa shape index (κ1) is 38.1. The topological polar surface area (TPSA) is 16.1 Å². The molecule has 0 unspecified atom stereocenters. The van der Waals surface area contributed by atoms with Gasteiger partial charge in [0.1, 0.15) is 0 Å². The van der Waals surface area contributed by atoms with Crippen molar-refractivity contribution in [2.75, 3.05) is 4.90 Å². The summed E-state index contributed by atoms with van der Waals surface area (Å²) in [7, 11) is 0. The third-order valence-electron chi connectivity index (χ3n) is 11.1. The standard InChI is InChI=1S/C56H50N2/c1-37-15-22-44(23-16-37)41(5)34-47-29-32-56(51-13-9-8-12-50(47)51)58(55-31-21-40(4)33-42(55)6)49-30-28-48(53(36-49)54-14-10-11-43(7)57-54)35-52(45-24-17-38(2)18-25-45)46-26-19-39(3)20-27-46/h8-36H,1-7H3/b41-34-. The molecule has 0 saturated heterocycles. The molecule has 1 heterocycles. The van der Waals surface area contributed by atoms with Crippen molar-refractivity contribution in [1.29, 1.82) is 0 Å². The summed E-state index contributed by atoms with van der Waals surface area (Å²) in [5.41, 5.74) is 20.8. The zero-order valence-corrected chi connectivity index (χ0v) is 34.6. The third kappa shape index (κ3) is 8.06. The minimum Gasteiger partial charge on any atom is -0.310 e. The Bertz CT molecular complexity index is 2770. The first-order valence-electron chi connectivity index (χ1n) is 20.2. The van der Waals surface area contributed by atoms with Gasteiger partial charge in [-0.1, -0.05) is 156 Å². The van der Waals surface area contributed by atoms with Crippen LogP contribution in [-0.4, -0.2) is 4.98 Å². The second-order valence-corrected chi connectivity index (χ2v) is 15.8. The number of rotatable bonds is 9. The van der Waals surface area contributed by atoms with Crippen LogP contribution in [0, 0.1) is 41.5 Å². The molecule has 0 radical (unpaired) electrons. The summed E-state index contributed by atoms with van der Waals surface area (Å²) in [6.45, 7) is 15.1. The van der Waals surface area contributed by atoms with Gasteiger partial charge in [-0.25, -0.2) is 0 Å². The minimum absolute atomic E-state index is 0.942. The molecule has 0 aliphatic rings. The van der Waals surface area contributed by atoms with E-state index in [0.717, 1.165) is 39.6 Å². The maximum Gasteiger partial charge on any atom is 0.0711 e. The van der Waals surface area contributed by atoms with Crippen LogP contribution in [0.2, 0.25) is 0 Å². The van der Waals surface area contributed by atoms with Crippen LogP contribution in [0.4, 0.5) is 17.1 Å². The van der Waals surface area contributed by atoms with Crippen LogP contribution in [0.5, 0.6) is 0 Å². The Hall–Kier alpha value is -6.77. The summed E-state index contributed by atoms with van der Waals surface area (Å²) >= 11 is 0. The fourth-order valence-electron chi connectivity index (χ4n) is 7.90. The lowest BCUT2D eigenvalue weighted by Crippen LogP contribution is -2.12. The van der Waals surface area contributed by atoms with E-state index >= 15 is 0 Å². The monoisotopic (exact) mass is 750 g/mol. The number of aryl methyl sites for hydroxylation is 6. The molecule has 0 spiro atoms. The number of hydrogen-bond donors (Lipinski definition) is 0. The second-order valence-electron chi connectivity index (χ2n) is 15.8. The normalized spacial score (nSPS) is 11.5. The fourth-order valence-corrected chi connectivity index (χ4v) is 7.90. The van der Waals surface area contributed by atoms with E-state index in [9.17, 15) is 0 Å². The maximum absolute atomic E-state index is 5.12. The molecule has 0 atom stereocenters. The van der Waals surface area contributed by atoms with E-state index in [-0.39, 0.29) is 0 Å². The van der Waals surface area contributed by atoms with Crippen molar-refractivity contribution < 1.29 is 0 Å². The molecule has 1 aromatic heterocycles. The van der Waals surface area contributed by atoms with Crippen molar-refractivity contribution >= 4 is 51.1 Å². The average molecular weight is 751 g/mol. The van der Waals surface area contributed by atoms with Gasteiger partial charge in [0.05, 0.1) is 11.4 Å². The van der Waals surface area contributed by atoms with Gasteiger partial charge >= 0.3 is 0 Å². The first-order valence-corrected chi connectivity index (χ1v) is 20.2. The van der Waals surface area contributed by atoms with E-state index in [4.69, 9.17) is 4.98 Å². The van der Waals surface area contributed by atoms with E-state index in [1.165, 1.54) is 72.0 Å². The molecule has 2 heteroatoms. The van der Waals surface area contributed by atoms with Crippen LogP contribution in [0.15, 0.2) is 164 Å². The molecule has 2 nitrogen and oxygen atoms in total. The van der Waals surface area contributed by atoms with Crippen LogP contribution in [0.1, 0.15) is 68.3 Å². The Morgan fingerprint density at radius 3 is 1.66 bits per heavy atom. The second kappa shape index (κ2) is 16.4. The molecule has 0 N–H and O–H groups in total. The molecule has 284 valence electrons. The Labute approximate surface area is 344 Å². The van der Waals surface area contributed by atoms with Crippen molar-refractivity contribution in [2.45, 2.75) is 48.5 Å². The molecule has 58 heavy (non-hydrogen) atoms. The van der Waals surface area contributed by atoms with Crippen molar-refractivity contribution in [2.24, 2.45) is 0 Å². The highest BCUT2D eigenvalue weighted by Gasteiger charge is 2.21. The van der Waals surface area contributed by atoms with E-state index in [1.807, 2.05) is 0 Å². The number of nitrogens with zero attached hydrogens (tertiary/aromatic N) is 2. The molecule has 0 amide bonds. The number of aromatic nitrogens is 1. The quantitative estimate of drug-likeness (QED) is 0.137. The lowest BCUT2D eigenvalue weighted by Gasteiger charge is -2.29. The highest BCUT2D eigenvalue weighted by Crippen LogP contribution is 2.44. The highest BCUT2D eigenvalue weighted by molar-refractivity contribution is 6.05. The molecule has 0 aliphatic carbocycles.